The van der Waals surface area contributed by atoms with Crippen molar-refractivity contribution in [3.63, 3.8) is 0 Å². The molecular formula is C12H11BrFNO2. The van der Waals surface area contributed by atoms with Crippen LogP contribution in [0.2, 0.25) is 0 Å². The fraction of sp³-hybridized carbons (Fsp3) is 0.417. The second kappa shape index (κ2) is 3.70. The second-order valence-corrected chi connectivity index (χ2v) is 5.22. The Morgan fingerprint density at radius 2 is 2.35 bits per heavy atom. The minimum Gasteiger partial charge on any atom is -0.488 e. The molecule has 3 rings (SSSR count). The monoisotopic (exact) mass is 299 g/mol. The lowest BCUT2D eigenvalue weighted by Crippen LogP contribution is -2.45. The molecule has 0 fully saturated rings. The van der Waals surface area contributed by atoms with Crippen LogP contribution < -0.4 is 9.64 Å². The molecule has 0 radical (unpaired) electrons. The summed E-state index contributed by atoms with van der Waals surface area (Å²) in [6, 6.07) is 1.52. The summed E-state index contributed by atoms with van der Waals surface area (Å²) in [6.45, 7) is 3.24. The van der Waals surface area contributed by atoms with Crippen molar-refractivity contribution in [3.8, 4) is 5.75 Å². The first-order valence-electron chi connectivity index (χ1n) is 5.54. The standard InChI is InChI=1S/C12H11BrFNO2/c1-6-5-17-12-10(13)8(14)4-7-9(16)2-3-15(6)11(7)12/h4,6H,2-3,5H2,1H3. The third-order valence-corrected chi connectivity index (χ3v) is 4.06. The minimum absolute atomic E-state index is 0.0124. The van der Waals surface area contributed by atoms with Crippen LogP contribution in [0.15, 0.2) is 10.5 Å². The van der Waals surface area contributed by atoms with E-state index in [1.54, 1.807) is 0 Å². The van der Waals surface area contributed by atoms with Crippen LogP contribution in [0, 0.1) is 5.82 Å². The molecule has 1 unspecified atom stereocenters. The van der Waals surface area contributed by atoms with Crippen molar-refractivity contribution in [2.24, 2.45) is 0 Å². The molecule has 0 saturated carbocycles. The van der Waals surface area contributed by atoms with Gasteiger partial charge in [-0.2, -0.15) is 0 Å². The highest BCUT2D eigenvalue weighted by Crippen LogP contribution is 2.45. The van der Waals surface area contributed by atoms with Crippen molar-refractivity contribution < 1.29 is 13.9 Å². The molecule has 0 aliphatic carbocycles. The van der Waals surface area contributed by atoms with Crippen molar-refractivity contribution in [2.75, 3.05) is 18.1 Å². The highest BCUT2D eigenvalue weighted by Gasteiger charge is 2.35. The molecule has 0 aromatic heterocycles. The number of benzene rings is 1. The number of carbonyl (C=O) groups is 1. The van der Waals surface area contributed by atoms with E-state index in [1.807, 2.05) is 6.92 Å². The average molecular weight is 300 g/mol. The van der Waals surface area contributed by atoms with Crippen LogP contribution in [0.25, 0.3) is 0 Å². The molecule has 1 aromatic carbocycles. The first kappa shape index (κ1) is 11.0. The average Bonchev–Trinajstić information content (AvgIpc) is 2.31. The van der Waals surface area contributed by atoms with Gasteiger partial charge in [-0.05, 0) is 28.9 Å². The summed E-state index contributed by atoms with van der Waals surface area (Å²) in [6.07, 6.45) is 0.442. The van der Waals surface area contributed by atoms with E-state index in [9.17, 15) is 9.18 Å². The summed E-state index contributed by atoms with van der Waals surface area (Å²) in [7, 11) is 0. The maximum atomic E-state index is 13.7. The Kier molecular flexibility index (Phi) is 2.40. The van der Waals surface area contributed by atoms with Gasteiger partial charge in [0.2, 0.25) is 0 Å². The molecule has 0 amide bonds. The summed E-state index contributed by atoms with van der Waals surface area (Å²) in [5.41, 5.74) is 1.19. The van der Waals surface area contributed by atoms with Gasteiger partial charge < -0.3 is 9.64 Å². The summed E-state index contributed by atoms with van der Waals surface area (Å²) >= 11 is 3.18. The number of ether oxygens (including phenoxy) is 1. The Balaban J connectivity index is 2.30. The molecule has 5 heteroatoms. The van der Waals surface area contributed by atoms with E-state index < -0.39 is 5.82 Å². The quantitative estimate of drug-likeness (QED) is 0.738. The van der Waals surface area contributed by atoms with Gasteiger partial charge in [0, 0.05) is 18.5 Å². The summed E-state index contributed by atoms with van der Waals surface area (Å²) < 4.78 is 19.5. The Bertz CT molecular complexity index is 518. The van der Waals surface area contributed by atoms with Crippen molar-refractivity contribution in [1.82, 2.24) is 0 Å². The minimum atomic E-state index is -0.441. The van der Waals surface area contributed by atoms with Gasteiger partial charge in [0.25, 0.3) is 0 Å². The highest BCUT2D eigenvalue weighted by molar-refractivity contribution is 9.10. The summed E-state index contributed by atoms with van der Waals surface area (Å²) in [5, 5.41) is 0. The Morgan fingerprint density at radius 1 is 1.59 bits per heavy atom. The second-order valence-electron chi connectivity index (χ2n) is 4.42. The molecule has 2 aliphatic rings. The molecule has 0 spiro atoms. The number of anilines is 1. The molecule has 3 nitrogen and oxygen atoms in total. The first-order chi connectivity index (χ1) is 8.09. The maximum Gasteiger partial charge on any atom is 0.166 e. The van der Waals surface area contributed by atoms with E-state index in [-0.39, 0.29) is 11.8 Å². The molecular weight excluding hydrogens is 289 g/mol. The van der Waals surface area contributed by atoms with Crippen LogP contribution in [0.1, 0.15) is 23.7 Å². The zero-order valence-corrected chi connectivity index (χ0v) is 10.9. The van der Waals surface area contributed by atoms with Gasteiger partial charge in [-0.1, -0.05) is 0 Å². The van der Waals surface area contributed by atoms with Crippen molar-refractivity contribution in [2.45, 2.75) is 19.4 Å². The number of Topliss-reactive ketones (excluding diaryl/α,β-unsaturated/α-hetero) is 1. The number of hydrogen-bond acceptors (Lipinski definition) is 3. The van der Waals surface area contributed by atoms with E-state index in [0.717, 1.165) is 5.69 Å². The lowest BCUT2D eigenvalue weighted by atomic mass is 9.97. The Labute approximate surface area is 107 Å². The molecule has 17 heavy (non-hydrogen) atoms. The molecule has 1 aromatic rings. The molecule has 2 heterocycles. The number of rotatable bonds is 0. The van der Waals surface area contributed by atoms with E-state index in [4.69, 9.17) is 4.74 Å². The SMILES string of the molecule is CC1COc2c(Br)c(F)cc3c2N1CCC3=O. The summed E-state index contributed by atoms with van der Waals surface area (Å²) in [5.74, 6) is 0.0104. The zero-order valence-electron chi connectivity index (χ0n) is 9.30. The van der Waals surface area contributed by atoms with E-state index in [1.165, 1.54) is 6.07 Å². The van der Waals surface area contributed by atoms with Crippen molar-refractivity contribution in [1.29, 1.82) is 0 Å². The van der Waals surface area contributed by atoms with Gasteiger partial charge in [-0.3, -0.25) is 4.79 Å². The molecule has 1 atom stereocenters. The normalized spacial score (nSPS) is 22.2. The summed E-state index contributed by atoms with van der Waals surface area (Å²) in [4.78, 5) is 14.0. The van der Waals surface area contributed by atoms with Gasteiger partial charge in [-0.15, -0.1) is 0 Å². The third-order valence-electron chi connectivity index (χ3n) is 3.32. The number of nitrogens with zero attached hydrogens (tertiary/aromatic N) is 1. The van der Waals surface area contributed by atoms with Gasteiger partial charge >= 0.3 is 0 Å². The maximum absolute atomic E-state index is 13.7. The van der Waals surface area contributed by atoms with E-state index in [0.29, 0.717) is 35.4 Å². The number of halogens is 2. The molecule has 0 N–H and O–H groups in total. The molecule has 90 valence electrons. The van der Waals surface area contributed by atoms with Crippen LogP contribution >= 0.6 is 15.9 Å². The topological polar surface area (TPSA) is 29.5 Å². The first-order valence-corrected chi connectivity index (χ1v) is 6.33. The number of carbonyl (C=O) groups excluding carboxylic acids is 1. The predicted octanol–water partition coefficient (Wildman–Crippen LogP) is 2.76. The van der Waals surface area contributed by atoms with Gasteiger partial charge in [0.15, 0.2) is 11.5 Å². The Morgan fingerprint density at radius 3 is 3.12 bits per heavy atom. The van der Waals surface area contributed by atoms with Crippen LogP contribution in [0.5, 0.6) is 5.75 Å². The molecule has 0 bridgehead atoms. The van der Waals surface area contributed by atoms with E-state index >= 15 is 0 Å². The van der Waals surface area contributed by atoms with Gasteiger partial charge in [-0.25, -0.2) is 4.39 Å². The lowest BCUT2D eigenvalue weighted by Gasteiger charge is -2.40. The smallest absolute Gasteiger partial charge is 0.166 e. The molecule has 0 saturated heterocycles. The number of hydrogen-bond donors (Lipinski definition) is 0. The third kappa shape index (κ3) is 1.48. The predicted molar refractivity (Wildman–Crippen MR) is 65.4 cm³/mol. The van der Waals surface area contributed by atoms with Crippen LogP contribution in [0.4, 0.5) is 10.1 Å². The van der Waals surface area contributed by atoms with Crippen molar-refractivity contribution in [3.05, 3.63) is 21.9 Å². The van der Waals surface area contributed by atoms with Crippen LogP contribution in [-0.4, -0.2) is 25.0 Å². The van der Waals surface area contributed by atoms with E-state index in [2.05, 4.69) is 20.8 Å². The number of ketones is 1. The molecule has 2 aliphatic heterocycles. The van der Waals surface area contributed by atoms with Crippen LogP contribution in [0.3, 0.4) is 0 Å². The Hall–Kier alpha value is -1.10. The largest absolute Gasteiger partial charge is 0.488 e. The lowest BCUT2D eigenvalue weighted by molar-refractivity contribution is 0.0974. The zero-order chi connectivity index (χ0) is 12.2. The van der Waals surface area contributed by atoms with Gasteiger partial charge in [0.1, 0.15) is 12.4 Å². The fourth-order valence-electron chi connectivity index (χ4n) is 2.43. The van der Waals surface area contributed by atoms with Gasteiger partial charge in [0.05, 0.1) is 16.2 Å². The van der Waals surface area contributed by atoms with Crippen molar-refractivity contribution >= 4 is 27.4 Å². The van der Waals surface area contributed by atoms with Crippen LogP contribution in [-0.2, 0) is 0 Å². The fourth-order valence-corrected chi connectivity index (χ4v) is 2.84. The highest BCUT2D eigenvalue weighted by atomic mass is 79.9.